The van der Waals surface area contributed by atoms with E-state index in [0.29, 0.717) is 24.0 Å². The Bertz CT molecular complexity index is 1050. The molecular weight excluding hydrogens is 440 g/mol. The molecule has 1 amide bonds. The van der Waals surface area contributed by atoms with E-state index >= 15 is 0 Å². The molecule has 4 aromatic rings. The van der Waals surface area contributed by atoms with E-state index in [1.54, 1.807) is 6.26 Å². The minimum Gasteiger partial charge on any atom is -0.467 e. The van der Waals surface area contributed by atoms with Crippen molar-refractivity contribution in [2.75, 3.05) is 17.6 Å². The summed E-state index contributed by atoms with van der Waals surface area (Å²) >= 11 is 2.82. The predicted molar refractivity (Wildman–Crippen MR) is 129 cm³/mol. The van der Waals surface area contributed by atoms with Crippen molar-refractivity contribution in [3.8, 4) is 0 Å². The molecule has 6 nitrogen and oxygen atoms in total. The highest BCUT2D eigenvalue weighted by Crippen LogP contribution is 2.28. The summed E-state index contributed by atoms with van der Waals surface area (Å²) in [5.74, 6) is 1.39. The first-order chi connectivity index (χ1) is 15.8. The van der Waals surface area contributed by atoms with E-state index < -0.39 is 0 Å². The number of thioether (sulfide) groups is 1. The normalized spacial score (nSPS) is 10.9. The van der Waals surface area contributed by atoms with Crippen molar-refractivity contribution in [2.45, 2.75) is 23.2 Å². The maximum atomic E-state index is 12.4. The number of hydrogen-bond acceptors (Lipinski definition) is 7. The molecule has 0 aliphatic carbocycles. The van der Waals surface area contributed by atoms with Gasteiger partial charge in [0, 0.05) is 12.5 Å². The van der Waals surface area contributed by atoms with Crippen LogP contribution in [0, 0.1) is 0 Å². The highest BCUT2D eigenvalue weighted by atomic mass is 32.2. The first-order valence-corrected chi connectivity index (χ1v) is 12.2. The number of carbonyl (C=O) groups is 1. The van der Waals surface area contributed by atoms with E-state index in [2.05, 4.69) is 69.4 Å². The maximum Gasteiger partial charge on any atom is 0.230 e. The quantitative estimate of drug-likeness (QED) is 0.298. The van der Waals surface area contributed by atoms with Crippen LogP contribution in [0.25, 0.3) is 0 Å². The summed E-state index contributed by atoms with van der Waals surface area (Å²) in [7, 11) is 0. The predicted octanol–water partition coefficient (Wildman–Crippen LogP) is 5.17. The van der Waals surface area contributed by atoms with Gasteiger partial charge >= 0.3 is 0 Å². The molecule has 2 heterocycles. The van der Waals surface area contributed by atoms with Crippen LogP contribution in [0.4, 0.5) is 5.13 Å². The molecule has 32 heavy (non-hydrogen) atoms. The van der Waals surface area contributed by atoms with Crippen molar-refractivity contribution in [3.05, 3.63) is 95.9 Å². The number of hydrogen-bond donors (Lipinski definition) is 2. The van der Waals surface area contributed by atoms with Crippen molar-refractivity contribution in [3.63, 3.8) is 0 Å². The second kappa shape index (κ2) is 11.5. The Morgan fingerprint density at radius 1 is 0.969 bits per heavy atom. The summed E-state index contributed by atoms with van der Waals surface area (Å²) in [4.78, 5) is 12.4. The SMILES string of the molecule is O=C(CSc1nnc(NCc2ccco2)s1)NCCC(c1ccccc1)c1ccccc1. The fourth-order valence-corrected chi connectivity index (χ4v) is 4.92. The number of furan rings is 1. The van der Waals surface area contributed by atoms with Crippen LogP contribution in [0.3, 0.4) is 0 Å². The number of aromatic nitrogens is 2. The van der Waals surface area contributed by atoms with E-state index in [1.807, 2.05) is 24.3 Å². The molecule has 0 aliphatic rings. The Labute approximate surface area is 195 Å². The van der Waals surface area contributed by atoms with Crippen LogP contribution in [0.1, 0.15) is 29.2 Å². The van der Waals surface area contributed by atoms with E-state index in [1.165, 1.54) is 34.2 Å². The van der Waals surface area contributed by atoms with Crippen molar-refractivity contribution in [1.82, 2.24) is 15.5 Å². The second-order valence-corrected chi connectivity index (χ2v) is 9.31. The van der Waals surface area contributed by atoms with Crippen LogP contribution in [0.15, 0.2) is 87.8 Å². The summed E-state index contributed by atoms with van der Waals surface area (Å²) < 4.78 is 6.05. The van der Waals surface area contributed by atoms with E-state index in [9.17, 15) is 4.79 Å². The molecule has 0 saturated heterocycles. The molecular formula is C24H24N4O2S2. The zero-order valence-electron chi connectivity index (χ0n) is 17.4. The Balaban J connectivity index is 1.23. The third-order valence-electron chi connectivity index (χ3n) is 4.89. The molecule has 0 unspecified atom stereocenters. The van der Waals surface area contributed by atoms with Gasteiger partial charge in [-0.3, -0.25) is 4.79 Å². The number of benzene rings is 2. The molecule has 0 bridgehead atoms. The lowest BCUT2D eigenvalue weighted by Gasteiger charge is -2.18. The van der Waals surface area contributed by atoms with Crippen LogP contribution in [-0.2, 0) is 11.3 Å². The second-order valence-electron chi connectivity index (χ2n) is 7.11. The zero-order valence-corrected chi connectivity index (χ0v) is 19.1. The van der Waals surface area contributed by atoms with Gasteiger partial charge in [0.25, 0.3) is 0 Å². The van der Waals surface area contributed by atoms with E-state index in [0.717, 1.165) is 16.5 Å². The number of nitrogens with zero attached hydrogens (tertiary/aromatic N) is 2. The minimum absolute atomic E-state index is 0.00447. The van der Waals surface area contributed by atoms with Gasteiger partial charge in [0.1, 0.15) is 5.76 Å². The van der Waals surface area contributed by atoms with Crippen LogP contribution in [0.5, 0.6) is 0 Å². The first kappa shape index (κ1) is 22.1. The number of carbonyl (C=O) groups excluding carboxylic acids is 1. The fourth-order valence-electron chi connectivity index (χ4n) is 3.35. The molecule has 0 fully saturated rings. The summed E-state index contributed by atoms with van der Waals surface area (Å²) in [5, 5.41) is 15.2. The van der Waals surface area contributed by atoms with Gasteiger partial charge < -0.3 is 15.1 Å². The van der Waals surface area contributed by atoms with Crippen molar-refractivity contribution >= 4 is 34.1 Å². The molecule has 0 aliphatic heterocycles. The molecule has 164 valence electrons. The molecule has 0 saturated carbocycles. The molecule has 2 aromatic carbocycles. The van der Waals surface area contributed by atoms with Crippen molar-refractivity contribution < 1.29 is 9.21 Å². The summed E-state index contributed by atoms with van der Waals surface area (Å²) in [6, 6.07) is 24.6. The molecule has 2 aromatic heterocycles. The van der Waals surface area contributed by atoms with Crippen LogP contribution in [0.2, 0.25) is 0 Å². The lowest BCUT2D eigenvalue weighted by molar-refractivity contribution is -0.118. The third-order valence-corrected chi connectivity index (χ3v) is 6.90. The summed E-state index contributed by atoms with van der Waals surface area (Å²) in [6.45, 7) is 1.16. The van der Waals surface area contributed by atoms with Gasteiger partial charge in [-0.1, -0.05) is 83.8 Å². The largest absolute Gasteiger partial charge is 0.467 e. The molecule has 0 spiro atoms. The Kier molecular flexibility index (Phi) is 7.94. The average molecular weight is 465 g/mol. The third kappa shape index (κ3) is 6.45. The smallest absolute Gasteiger partial charge is 0.230 e. The number of rotatable bonds is 11. The number of amides is 1. The molecule has 0 atom stereocenters. The van der Waals surface area contributed by atoms with Crippen LogP contribution >= 0.6 is 23.1 Å². The summed E-state index contributed by atoms with van der Waals surface area (Å²) in [5.41, 5.74) is 2.51. The van der Waals surface area contributed by atoms with Gasteiger partial charge in [-0.2, -0.15) is 0 Å². The molecule has 0 radical (unpaired) electrons. The van der Waals surface area contributed by atoms with Gasteiger partial charge in [0.15, 0.2) is 4.34 Å². The first-order valence-electron chi connectivity index (χ1n) is 10.4. The summed E-state index contributed by atoms with van der Waals surface area (Å²) in [6.07, 6.45) is 2.48. The Morgan fingerprint density at radius 2 is 1.69 bits per heavy atom. The van der Waals surface area contributed by atoms with Gasteiger partial charge in [-0.15, -0.1) is 10.2 Å². The molecule has 8 heteroatoms. The van der Waals surface area contributed by atoms with E-state index in [-0.39, 0.29) is 11.8 Å². The Hall–Kier alpha value is -3.10. The van der Waals surface area contributed by atoms with Gasteiger partial charge in [-0.05, 0) is 29.7 Å². The van der Waals surface area contributed by atoms with Crippen LogP contribution in [-0.4, -0.2) is 28.4 Å². The van der Waals surface area contributed by atoms with Gasteiger partial charge in [0.2, 0.25) is 11.0 Å². The number of anilines is 1. The fraction of sp³-hybridized carbons (Fsp3) is 0.208. The van der Waals surface area contributed by atoms with Gasteiger partial charge in [0.05, 0.1) is 18.6 Å². The highest BCUT2D eigenvalue weighted by Gasteiger charge is 2.14. The van der Waals surface area contributed by atoms with Gasteiger partial charge in [-0.25, -0.2) is 0 Å². The average Bonchev–Trinajstić information content (AvgIpc) is 3.52. The molecule has 4 rings (SSSR count). The minimum atomic E-state index is -0.00447. The van der Waals surface area contributed by atoms with Crippen LogP contribution < -0.4 is 10.6 Å². The molecule has 2 N–H and O–H groups in total. The van der Waals surface area contributed by atoms with Crippen molar-refractivity contribution in [2.24, 2.45) is 0 Å². The standard InChI is InChI=1S/C24H24N4O2S2/c29-22(17-31-24-28-27-23(32-24)26-16-20-12-7-15-30-20)25-14-13-21(18-8-3-1-4-9-18)19-10-5-2-6-11-19/h1-12,15,21H,13-14,16-17H2,(H,25,29)(H,26,27). The van der Waals surface area contributed by atoms with Crippen molar-refractivity contribution in [1.29, 1.82) is 0 Å². The monoisotopic (exact) mass is 464 g/mol. The highest BCUT2D eigenvalue weighted by molar-refractivity contribution is 8.01. The topological polar surface area (TPSA) is 80.1 Å². The lowest BCUT2D eigenvalue weighted by atomic mass is 9.88. The maximum absolute atomic E-state index is 12.4. The lowest BCUT2D eigenvalue weighted by Crippen LogP contribution is -2.27. The van der Waals surface area contributed by atoms with E-state index in [4.69, 9.17) is 4.42 Å². The number of nitrogens with one attached hydrogen (secondary N) is 2. The zero-order chi connectivity index (χ0) is 22.0. The Morgan fingerprint density at radius 3 is 2.34 bits per heavy atom.